The predicted octanol–water partition coefficient (Wildman–Crippen LogP) is 2.31. The Hall–Kier alpha value is -2.81. The van der Waals surface area contributed by atoms with Gasteiger partial charge in [-0.1, -0.05) is 6.07 Å². The fourth-order valence-corrected chi connectivity index (χ4v) is 4.03. The van der Waals surface area contributed by atoms with Crippen LogP contribution in [0.25, 0.3) is 0 Å². The van der Waals surface area contributed by atoms with Gasteiger partial charge in [0.15, 0.2) is 0 Å². The third-order valence-electron chi connectivity index (χ3n) is 5.40. The Kier molecular flexibility index (Phi) is 4.85. The van der Waals surface area contributed by atoms with Gasteiger partial charge in [0.25, 0.3) is 0 Å². The number of hydrogen-bond acceptors (Lipinski definition) is 5. The van der Waals surface area contributed by atoms with Gasteiger partial charge in [-0.3, -0.25) is 0 Å². The van der Waals surface area contributed by atoms with Crippen LogP contribution in [0.5, 0.6) is 5.75 Å². The van der Waals surface area contributed by atoms with Gasteiger partial charge in [0.2, 0.25) is 0 Å². The summed E-state index contributed by atoms with van der Waals surface area (Å²) in [6.07, 6.45) is 2.68. The number of benzene rings is 1. The number of methoxy groups -OCH3 is 1. The van der Waals surface area contributed by atoms with E-state index in [1.165, 1.54) is 5.69 Å². The first-order valence-electron chi connectivity index (χ1n) is 9.40. The van der Waals surface area contributed by atoms with Crippen molar-refractivity contribution in [3.63, 3.8) is 0 Å². The summed E-state index contributed by atoms with van der Waals surface area (Å²) >= 11 is 0. The first kappa shape index (κ1) is 17.6. The van der Waals surface area contributed by atoms with Gasteiger partial charge in [-0.05, 0) is 0 Å². The molecule has 1 saturated heterocycles. The van der Waals surface area contributed by atoms with Crippen molar-refractivity contribution in [2.24, 2.45) is 0 Å². The van der Waals surface area contributed by atoms with E-state index in [1.807, 2.05) is 6.07 Å². The molecule has 0 N–H and O–H groups in total. The van der Waals surface area contributed by atoms with Crippen LogP contribution in [-0.2, 0) is 6.42 Å². The van der Waals surface area contributed by atoms with Crippen molar-refractivity contribution < 1.29 is 4.74 Å². The van der Waals surface area contributed by atoms with Gasteiger partial charge in [0.05, 0.1) is 0 Å². The number of hydrogen-bond donors (Lipinski definition) is 0. The summed E-state index contributed by atoms with van der Waals surface area (Å²) in [4.78, 5) is 9.43. The number of fused-ring (bicyclic) bond motifs is 1. The van der Waals surface area contributed by atoms with E-state index < -0.39 is 0 Å². The molecule has 1 radical (unpaired) electrons. The van der Waals surface area contributed by atoms with Crippen LogP contribution in [0.15, 0.2) is 30.3 Å². The molecule has 6 heteroatoms. The average Bonchev–Trinajstić information content (AvgIpc) is 2.73. The summed E-state index contributed by atoms with van der Waals surface area (Å²) in [6, 6.07) is 12.7. The Morgan fingerprint density at radius 1 is 1.07 bits per heavy atom. The molecule has 1 aromatic heterocycles. The first-order valence-corrected chi connectivity index (χ1v) is 9.40. The summed E-state index contributed by atoms with van der Waals surface area (Å²) in [5.74, 6) is 1.32. The number of para-hydroxylation sites is 1. The molecule has 0 amide bonds. The van der Waals surface area contributed by atoms with Crippen LogP contribution in [-0.4, -0.2) is 51.2 Å². The molecule has 0 atom stereocenters. The number of aromatic nitrogens is 1. The average molecular weight is 357 g/mol. The monoisotopic (exact) mass is 357 g/mol. The second-order valence-electron chi connectivity index (χ2n) is 6.97. The molecule has 1 aromatic carbocycles. The molecule has 27 heavy (non-hydrogen) atoms. The van der Waals surface area contributed by atoms with E-state index in [9.17, 15) is 5.26 Å². The summed E-state index contributed by atoms with van der Waals surface area (Å²) in [5.41, 5.74) is 4.30. The van der Waals surface area contributed by atoms with Crippen LogP contribution < -0.4 is 14.5 Å². The molecule has 0 saturated carbocycles. The maximum atomic E-state index is 9.82. The SMILES string of the molecule is [B]=C1CCCc2nc(N3CCN(c4ccccc4)CC3)c(C#N)c(OC)c21. The molecule has 135 valence electrons. The number of piperazine rings is 1. The minimum atomic E-state index is 0.495. The van der Waals surface area contributed by atoms with Gasteiger partial charge in [0, 0.05) is 0 Å². The zero-order valence-corrected chi connectivity index (χ0v) is 15.6. The van der Waals surface area contributed by atoms with Crippen LogP contribution >= 0.6 is 0 Å². The summed E-state index contributed by atoms with van der Waals surface area (Å²) in [7, 11) is 7.83. The Labute approximate surface area is 161 Å². The number of nitriles is 1. The first-order chi connectivity index (χ1) is 13.2. The normalized spacial score (nSPS) is 16.6. The van der Waals surface area contributed by atoms with Gasteiger partial charge >= 0.3 is 155 Å². The van der Waals surface area contributed by atoms with E-state index in [2.05, 4.69) is 40.1 Å². The van der Waals surface area contributed by atoms with E-state index in [-0.39, 0.29) is 0 Å². The summed E-state index contributed by atoms with van der Waals surface area (Å²) in [6.45, 7) is 3.42. The van der Waals surface area contributed by atoms with Crippen LogP contribution in [0.2, 0.25) is 0 Å². The molecular weight excluding hydrogens is 335 g/mol. The fraction of sp³-hybridized carbons (Fsp3) is 0.381. The van der Waals surface area contributed by atoms with E-state index in [4.69, 9.17) is 17.2 Å². The Bertz CT molecular complexity index is 899. The molecular formula is C21H22BN4O. The van der Waals surface area contributed by atoms with E-state index in [0.717, 1.165) is 68.0 Å². The van der Waals surface area contributed by atoms with Gasteiger partial charge in [-0.25, -0.2) is 0 Å². The third kappa shape index (κ3) is 3.19. The van der Waals surface area contributed by atoms with Crippen LogP contribution in [0.4, 0.5) is 11.5 Å². The van der Waals surface area contributed by atoms with Crippen molar-refractivity contribution in [1.82, 2.24) is 4.98 Å². The Balaban J connectivity index is 1.65. The van der Waals surface area contributed by atoms with Crippen molar-refractivity contribution in [1.29, 1.82) is 5.26 Å². The van der Waals surface area contributed by atoms with Crippen molar-refractivity contribution in [3.05, 3.63) is 47.2 Å². The van der Waals surface area contributed by atoms with Crippen LogP contribution in [0.3, 0.4) is 0 Å². The van der Waals surface area contributed by atoms with E-state index in [0.29, 0.717) is 11.3 Å². The Morgan fingerprint density at radius 3 is 2.44 bits per heavy atom. The van der Waals surface area contributed by atoms with Crippen molar-refractivity contribution in [2.75, 3.05) is 43.1 Å². The second-order valence-corrected chi connectivity index (χ2v) is 6.97. The zero-order valence-electron chi connectivity index (χ0n) is 15.6. The van der Waals surface area contributed by atoms with E-state index in [1.54, 1.807) is 7.11 Å². The second kappa shape index (κ2) is 7.44. The molecule has 2 heterocycles. The maximum absolute atomic E-state index is 9.82. The van der Waals surface area contributed by atoms with Gasteiger partial charge < -0.3 is 0 Å². The molecule has 1 aliphatic carbocycles. The Morgan fingerprint density at radius 2 is 1.78 bits per heavy atom. The van der Waals surface area contributed by atoms with Crippen LogP contribution in [0.1, 0.15) is 29.7 Å². The van der Waals surface area contributed by atoms with Crippen molar-refractivity contribution in [2.45, 2.75) is 19.3 Å². The molecule has 2 aromatic rings. The topological polar surface area (TPSA) is 52.4 Å². The number of ether oxygens (including phenoxy) is 1. The molecule has 4 rings (SSSR count). The van der Waals surface area contributed by atoms with Gasteiger partial charge in [0.1, 0.15) is 0 Å². The summed E-state index contributed by atoms with van der Waals surface area (Å²) < 4.78 is 5.63. The minimum absolute atomic E-state index is 0.495. The summed E-state index contributed by atoms with van der Waals surface area (Å²) in [5, 5.41) is 9.82. The van der Waals surface area contributed by atoms with Crippen LogP contribution in [0, 0.1) is 11.3 Å². The third-order valence-corrected chi connectivity index (χ3v) is 5.40. The predicted molar refractivity (Wildman–Crippen MR) is 109 cm³/mol. The van der Waals surface area contributed by atoms with E-state index >= 15 is 0 Å². The molecule has 1 aliphatic heterocycles. The number of anilines is 2. The number of aryl methyl sites for hydroxylation is 1. The molecule has 2 aliphatic rings. The zero-order chi connectivity index (χ0) is 18.8. The van der Waals surface area contributed by atoms with Gasteiger partial charge in [-0.15, -0.1) is 0 Å². The van der Waals surface area contributed by atoms with Gasteiger partial charge in [-0.2, -0.15) is 0 Å². The quantitative estimate of drug-likeness (QED) is 0.790. The molecule has 0 unspecified atom stereocenters. The molecule has 5 nitrogen and oxygen atoms in total. The number of nitrogens with zero attached hydrogens (tertiary/aromatic N) is 4. The molecule has 0 spiro atoms. The van der Waals surface area contributed by atoms with Crippen molar-refractivity contribution >= 4 is 24.5 Å². The number of pyridine rings is 1. The van der Waals surface area contributed by atoms with Crippen molar-refractivity contribution in [3.8, 4) is 11.8 Å². The fourth-order valence-electron chi connectivity index (χ4n) is 4.03. The standard InChI is InChI=1S/C21H22BN4O/c1-27-20-16(14-23)21(24-18-9-5-8-17(22)19(18)20)26-12-10-25(11-13-26)15-6-3-2-4-7-15/h2-4,6-7H,5,8-13H2,1H3. The number of rotatable bonds is 3. The molecule has 0 bridgehead atoms. The molecule has 1 fully saturated rings.